The zero-order valence-corrected chi connectivity index (χ0v) is 17.2. The lowest BCUT2D eigenvalue weighted by Gasteiger charge is -2.23. The number of rotatable bonds is 7. The topological polar surface area (TPSA) is 123 Å². The molecule has 0 aliphatic carbocycles. The number of hydrogen-bond acceptors (Lipinski definition) is 6. The molecule has 0 heterocycles. The van der Waals surface area contributed by atoms with Gasteiger partial charge in [0.05, 0.1) is 13.2 Å². The number of benzene rings is 1. The molecule has 158 valence electrons. The van der Waals surface area contributed by atoms with Crippen molar-refractivity contribution in [2.45, 2.75) is 39.3 Å². The number of methoxy groups -OCH3 is 1. The maximum absolute atomic E-state index is 12.4. The van der Waals surface area contributed by atoms with Crippen LogP contribution in [0.4, 0.5) is 4.79 Å². The first-order chi connectivity index (χ1) is 13.5. The Morgan fingerprint density at radius 2 is 1.72 bits per heavy atom. The lowest BCUT2D eigenvalue weighted by molar-refractivity contribution is -0.136. The molecule has 9 heteroatoms. The second-order valence-corrected chi connectivity index (χ2v) is 7.08. The van der Waals surface area contributed by atoms with Crippen LogP contribution in [0, 0.1) is 0 Å². The van der Waals surface area contributed by atoms with Gasteiger partial charge in [-0.25, -0.2) is 9.59 Å². The summed E-state index contributed by atoms with van der Waals surface area (Å²) in [6, 6.07) is 7.43. The maximum atomic E-state index is 12.4. The second kappa shape index (κ2) is 10.8. The van der Waals surface area contributed by atoms with Crippen LogP contribution in [0.15, 0.2) is 42.1 Å². The van der Waals surface area contributed by atoms with E-state index in [2.05, 4.69) is 16.0 Å². The van der Waals surface area contributed by atoms with Gasteiger partial charge >= 0.3 is 12.1 Å². The van der Waals surface area contributed by atoms with E-state index in [-0.39, 0.29) is 18.1 Å². The van der Waals surface area contributed by atoms with Crippen LogP contribution >= 0.6 is 0 Å². The first kappa shape index (κ1) is 23.7. The largest absolute Gasteiger partial charge is 0.464 e. The second-order valence-electron chi connectivity index (χ2n) is 7.08. The molecule has 29 heavy (non-hydrogen) atoms. The number of carbonyl (C=O) groups is 4. The quantitative estimate of drug-likeness (QED) is 0.467. The van der Waals surface area contributed by atoms with Crippen molar-refractivity contribution in [3.05, 3.63) is 47.7 Å². The van der Waals surface area contributed by atoms with Gasteiger partial charge in [-0.05, 0) is 39.0 Å². The Kier molecular flexibility index (Phi) is 8.85. The van der Waals surface area contributed by atoms with Crippen LogP contribution < -0.4 is 16.0 Å². The van der Waals surface area contributed by atoms with Crippen molar-refractivity contribution in [2.75, 3.05) is 13.7 Å². The molecular formula is C20H27N3O6. The highest BCUT2D eigenvalue weighted by Crippen LogP contribution is 2.08. The fourth-order valence-corrected chi connectivity index (χ4v) is 2.12. The highest BCUT2D eigenvalue weighted by molar-refractivity contribution is 6.01. The fourth-order valence-electron chi connectivity index (χ4n) is 2.12. The predicted molar refractivity (Wildman–Crippen MR) is 106 cm³/mol. The molecule has 0 aliphatic rings. The molecule has 0 radical (unpaired) electrons. The van der Waals surface area contributed by atoms with Gasteiger partial charge in [0.1, 0.15) is 11.3 Å². The number of esters is 1. The van der Waals surface area contributed by atoms with E-state index in [9.17, 15) is 19.2 Å². The third-order valence-corrected chi connectivity index (χ3v) is 3.33. The standard InChI is InChI=1S/C20H27N3O6/c1-13(24)21-12-15(22-19(27)29-20(2,3)4)11-16(18(26)28-5)23-17(25)14-9-7-6-8-10-14/h6-11,15H,12H2,1-5H3,(H,21,24)(H,22,27)(H,23,25)/b16-11-. The summed E-state index contributed by atoms with van der Waals surface area (Å²) in [6.07, 6.45) is 0.537. The first-order valence-electron chi connectivity index (χ1n) is 8.92. The van der Waals surface area contributed by atoms with Gasteiger partial charge in [-0.1, -0.05) is 18.2 Å². The van der Waals surface area contributed by atoms with Crippen LogP contribution in [0.3, 0.4) is 0 Å². The van der Waals surface area contributed by atoms with Crippen molar-refractivity contribution >= 4 is 23.9 Å². The molecule has 3 N–H and O–H groups in total. The monoisotopic (exact) mass is 405 g/mol. The summed E-state index contributed by atoms with van der Waals surface area (Å²) in [5, 5.41) is 7.55. The summed E-state index contributed by atoms with van der Waals surface area (Å²) in [5.41, 5.74) is -0.590. The Labute approximate surface area is 169 Å². The van der Waals surface area contributed by atoms with Gasteiger partial charge in [0, 0.05) is 19.0 Å². The number of nitrogens with one attached hydrogen (secondary N) is 3. The van der Waals surface area contributed by atoms with E-state index in [0.29, 0.717) is 5.56 Å². The Hall–Kier alpha value is -3.36. The lowest BCUT2D eigenvalue weighted by Crippen LogP contribution is -2.45. The van der Waals surface area contributed by atoms with Gasteiger partial charge in [-0.2, -0.15) is 0 Å². The van der Waals surface area contributed by atoms with Crippen molar-refractivity contribution < 1.29 is 28.7 Å². The van der Waals surface area contributed by atoms with Crippen molar-refractivity contribution in [3.8, 4) is 0 Å². The molecule has 0 bridgehead atoms. The Morgan fingerprint density at radius 3 is 2.24 bits per heavy atom. The molecule has 0 aromatic heterocycles. The van der Waals surface area contributed by atoms with Crippen molar-refractivity contribution in [2.24, 2.45) is 0 Å². The average molecular weight is 405 g/mol. The van der Waals surface area contributed by atoms with E-state index in [1.165, 1.54) is 13.0 Å². The third-order valence-electron chi connectivity index (χ3n) is 3.33. The van der Waals surface area contributed by atoms with Crippen molar-refractivity contribution in [1.82, 2.24) is 16.0 Å². The van der Waals surface area contributed by atoms with Crippen LogP contribution in [0.1, 0.15) is 38.1 Å². The van der Waals surface area contributed by atoms with E-state index in [0.717, 1.165) is 7.11 Å². The molecule has 0 spiro atoms. The minimum atomic E-state index is -0.848. The van der Waals surface area contributed by atoms with Crippen LogP contribution in [-0.2, 0) is 19.1 Å². The predicted octanol–water partition coefficient (Wildman–Crippen LogP) is 1.50. The highest BCUT2D eigenvalue weighted by Gasteiger charge is 2.22. The third kappa shape index (κ3) is 9.41. The molecule has 0 aliphatic heterocycles. The van der Waals surface area contributed by atoms with E-state index in [4.69, 9.17) is 9.47 Å². The van der Waals surface area contributed by atoms with Gasteiger partial charge in [-0.15, -0.1) is 0 Å². The Balaban J connectivity index is 3.07. The molecule has 0 saturated carbocycles. The minimum absolute atomic E-state index is 0.0315. The normalized spacial score (nSPS) is 12.4. The molecule has 0 fully saturated rings. The fraction of sp³-hybridized carbons (Fsp3) is 0.400. The zero-order chi connectivity index (χ0) is 22.0. The SMILES string of the molecule is COC(=O)/C(=C/C(CNC(C)=O)NC(=O)OC(C)(C)C)NC(=O)c1ccccc1. The first-order valence-corrected chi connectivity index (χ1v) is 8.92. The molecule has 1 unspecified atom stereocenters. The van der Waals surface area contributed by atoms with Gasteiger partial charge in [0.15, 0.2) is 0 Å². The Morgan fingerprint density at radius 1 is 1.10 bits per heavy atom. The van der Waals surface area contributed by atoms with Gasteiger partial charge < -0.3 is 25.4 Å². The zero-order valence-electron chi connectivity index (χ0n) is 17.2. The van der Waals surface area contributed by atoms with E-state index in [1.807, 2.05) is 0 Å². The summed E-state index contributed by atoms with van der Waals surface area (Å²) in [7, 11) is 1.16. The van der Waals surface area contributed by atoms with Gasteiger partial charge in [0.25, 0.3) is 5.91 Å². The summed E-state index contributed by atoms with van der Waals surface area (Å²) >= 11 is 0. The van der Waals surface area contributed by atoms with E-state index >= 15 is 0 Å². The number of carbonyl (C=O) groups excluding carboxylic acids is 4. The summed E-state index contributed by atoms with van der Waals surface area (Å²) < 4.78 is 9.91. The van der Waals surface area contributed by atoms with Gasteiger partial charge in [-0.3, -0.25) is 9.59 Å². The minimum Gasteiger partial charge on any atom is -0.464 e. The summed E-state index contributed by atoms with van der Waals surface area (Å²) in [5.74, 6) is -1.67. The molecule has 1 atom stereocenters. The number of amides is 3. The maximum Gasteiger partial charge on any atom is 0.408 e. The number of ether oxygens (including phenoxy) is 2. The molecule has 1 aromatic carbocycles. The molecular weight excluding hydrogens is 378 g/mol. The van der Waals surface area contributed by atoms with Crippen LogP contribution in [0.2, 0.25) is 0 Å². The summed E-state index contributed by atoms with van der Waals surface area (Å²) in [4.78, 5) is 47.9. The average Bonchev–Trinajstić information content (AvgIpc) is 2.63. The molecule has 3 amide bonds. The molecule has 1 aromatic rings. The van der Waals surface area contributed by atoms with Crippen LogP contribution in [0.25, 0.3) is 0 Å². The Bertz CT molecular complexity index is 768. The van der Waals surface area contributed by atoms with E-state index < -0.39 is 29.6 Å². The number of alkyl carbamates (subject to hydrolysis) is 1. The lowest BCUT2D eigenvalue weighted by atomic mass is 10.2. The smallest absolute Gasteiger partial charge is 0.408 e. The highest BCUT2D eigenvalue weighted by atomic mass is 16.6. The van der Waals surface area contributed by atoms with Crippen molar-refractivity contribution in [1.29, 1.82) is 0 Å². The van der Waals surface area contributed by atoms with Crippen molar-refractivity contribution in [3.63, 3.8) is 0 Å². The molecule has 9 nitrogen and oxygen atoms in total. The molecule has 1 rings (SSSR count). The molecule has 0 saturated heterocycles. The van der Waals surface area contributed by atoms with Gasteiger partial charge in [0.2, 0.25) is 5.91 Å². The van der Waals surface area contributed by atoms with E-state index in [1.54, 1.807) is 51.1 Å². The van der Waals surface area contributed by atoms with Crippen LogP contribution in [-0.4, -0.2) is 49.2 Å². The summed E-state index contributed by atoms with van der Waals surface area (Å²) in [6.45, 7) is 6.38. The number of hydrogen-bond donors (Lipinski definition) is 3. The van der Waals surface area contributed by atoms with Crippen LogP contribution in [0.5, 0.6) is 0 Å².